The molecule has 0 radical (unpaired) electrons. The number of nitrogens with one attached hydrogen (secondary N) is 1. The van der Waals surface area contributed by atoms with Gasteiger partial charge in [-0.3, -0.25) is 4.79 Å². The average molecular weight is 262 g/mol. The van der Waals surface area contributed by atoms with Crippen LogP contribution >= 0.6 is 0 Å². The lowest BCUT2D eigenvalue weighted by Gasteiger charge is -2.34. The first-order valence-electron chi connectivity index (χ1n) is 6.23. The number of carbonyl (C=O) groups excluding carboxylic acids is 2. The maximum absolute atomic E-state index is 12.0. The number of carbonyl (C=O) groups is 2. The van der Waals surface area contributed by atoms with E-state index in [9.17, 15) is 9.59 Å². The molecule has 2 rings (SSSR count). The minimum absolute atomic E-state index is 0.0543. The molecule has 0 saturated carbocycles. The summed E-state index contributed by atoms with van der Waals surface area (Å²) >= 11 is 0. The molecule has 3 amide bonds. The van der Waals surface area contributed by atoms with Gasteiger partial charge in [-0.2, -0.15) is 0 Å². The summed E-state index contributed by atoms with van der Waals surface area (Å²) in [7, 11) is 0. The lowest BCUT2D eigenvalue weighted by Crippen LogP contribution is -2.51. The van der Waals surface area contributed by atoms with Gasteiger partial charge >= 0.3 is 6.03 Å². The largest absolute Gasteiger partial charge is 0.399 e. The van der Waals surface area contributed by atoms with Crippen LogP contribution in [0, 0.1) is 0 Å². The Hall–Kier alpha value is -2.24. The lowest BCUT2D eigenvalue weighted by atomic mass is 10.3. The van der Waals surface area contributed by atoms with Crippen LogP contribution in [0.3, 0.4) is 0 Å². The molecule has 19 heavy (non-hydrogen) atoms. The minimum Gasteiger partial charge on any atom is -0.399 e. The number of amides is 3. The van der Waals surface area contributed by atoms with Crippen LogP contribution in [0.5, 0.6) is 0 Å². The fourth-order valence-electron chi connectivity index (χ4n) is 1.99. The Bertz CT molecular complexity index is 464. The van der Waals surface area contributed by atoms with Crippen LogP contribution in [0.15, 0.2) is 24.3 Å². The molecular weight excluding hydrogens is 244 g/mol. The topological polar surface area (TPSA) is 78.7 Å². The number of nitrogens with zero attached hydrogens (tertiary/aromatic N) is 2. The standard InChI is InChI=1S/C13H18N4O2/c1-10(18)16-6-8-17(9-7-16)13(19)15-12-4-2-11(14)3-5-12/h2-5H,6-9,14H2,1H3,(H,15,19). The first-order valence-corrected chi connectivity index (χ1v) is 6.23. The molecule has 1 saturated heterocycles. The molecule has 0 spiro atoms. The zero-order chi connectivity index (χ0) is 13.8. The Balaban J connectivity index is 1.88. The predicted molar refractivity (Wildman–Crippen MR) is 73.7 cm³/mol. The van der Waals surface area contributed by atoms with Gasteiger partial charge in [-0.15, -0.1) is 0 Å². The monoisotopic (exact) mass is 262 g/mol. The second kappa shape index (κ2) is 5.60. The van der Waals surface area contributed by atoms with E-state index in [-0.39, 0.29) is 11.9 Å². The molecule has 0 atom stereocenters. The van der Waals surface area contributed by atoms with E-state index in [1.165, 1.54) is 0 Å². The number of hydrogen-bond donors (Lipinski definition) is 2. The number of rotatable bonds is 1. The van der Waals surface area contributed by atoms with E-state index < -0.39 is 0 Å². The number of piperazine rings is 1. The van der Waals surface area contributed by atoms with E-state index in [1.54, 1.807) is 41.0 Å². The molecule has 0 unspecified atom stereocenters. The number of hydrogen-bond acceptors (Lipinski definition) is 3. The molecule has 1 aliphatic rings. The summed E-state index contributed by atoms with van der Waals surface area (Å²) < 4.78 is 0. The summed E-state index contributed by atoms with van der Waals surface area (Å²) in [5, 5.41) is 2.81. The van der Waals surface area contributed by atoms with Crippen molar-refractivity contribution in [3.05, 3.63) is 24.3 Å². The molecule has 6 nitrogen and oxygen atoms in total. The van der Waals surface area contributed by atoms with Crippen molar-refractivity contribution in [1.29, 1.82) is 0 Å². The molecule has 0 aromatic heterocycles. The third kappa shape index (κ3) is 3.37. The highest BCUT2D eigenvalue weighted by Gasteiger charge is 2.22. The number of benzene rings is 1. The van der Waals surface area contributed by atoms with Crippen LogP contribution in [0.4, 0.5) is 16.2 Å². The van der Waals surface area contributed by atoms with Gasteiger partial charge in [0, 0.05) is 44.5 Å². The summed E-state index contributed by atoms with van der Waals surface area (Å²) in [5.74, 6) is 0.0543. The number of nitrogens with two attached hydrogens (primary N) is 1. The van der Waals surface area contributed by atoms with Crippen LogP contribution in [0.2, 0.25) is 0 Å². The molecule has 6 heteroatoms. The Morgan fingerprint density at radius 2 is 1.58 bits per heavy atom. The van der Waals surface area contributed by atoms with Gasteiger partial charge in [0.05, 0.1) is 0 Å². The summed E-state index contributed by atoms with van der Waals surface area (Å²) in [4.78, 5) is 26.6. The van der Waals surface area contributed by atoms with E-state index in [1.807, 2.05) is 0 Å². The molecule has 1 aromatic rings. The van der Waals surface area contributed by atoms with Crippen molar-refractivity contribution in [3.63, 3.8) is 0 Å². The van der Waals surface area contributed by atoms with Gasteiger partial charge in [-0.1, -0.05) is 0 Å². The van der Waals surface area contributed by atoms with Crippen LogP contribution < -0.4 is 11.1 Å². The highest BCUT2D eigenvalue weighted by molar-refractivity contribution is 5.89. The van der Waals surface area contributed by atoms with Crippen molar-refractivity contribution >= 4 is 23.3 Å². The third-order valence-corrected chi connectivity index (χ3v) is 3.17. The maximum atomic E-state index is 12.0. The van der Waals surface area contributed by atoms with Crippen molar-refractivity contribution in [3.8, 4) is 0 Å². The van der Waals surface area contributed by atoms with Crippen LogP contribution in [-0.2, 0) is 4.79 Å². The van der Waals surface area contributed by atoms with Crippen molar-refractivity contribution in [2.45, 2.75) is 6.92 Å². The fourth-order valence-corrected chi connectivity index (χ4v) is 1.99. The lowest BCUT2D eigenvalue weighted by molar-refractivity contribution is -0.130. The maximum Gasteiger partial charge on any atom is 0.321 e. The third-order valence-electron chi connectivity index (χ3n) is 3.17. The van der Waals surface area contributed by atoms with E-state index in [0.717, 1.165) is 0 Å². The number of nitrogen functional groups attached to an aromatic ring is 1. The average Bonchev–Trinajstić information content (AvgIpc) is 2.41. The Kier molecular flexibility index (Phi) is 3.89. The van der Waals surface area contributed by atoms with Crippen LogP contribution in [0.25, 0.3) is 0 Å². The van der Waals surface area contributed by atoms with E-state index in [4.69, 9.17) is 5.73 Å². The van der Waals surface area contributed by atoms with Gasteiger partial charge in [0.15, 0.2) is 0 Å². The van der Waals surface area contributed by atoms with Crippen molar-refractivity contribution < 1.29 is 9.59 Å². The second-order valence-electron chi connectivity index (χ2n) is 4.55. The molecule has 1 aliphatic heterocycles. The normalized spacial score (nSPS) is 15.2. The van der Waals surface area contributed by atoms with E-state index >= 15 is 0 Å². The first-order chi connectivity index (χ1) is 9.06. The molecule has 0 bridgehead atoms. The Morgan fingerprint density at radius 3 is 2.11 bits per heavy atom. The Labute approximate surface area is 112 Å². The van der Waals surface area contributed by atoms with Gasteiger partial charge in [-0.25, -0.2) is 4.79 Å². The molecule has 102 valence electrons. The van der Waals surface area contributed by atoms with Gasteiger partial charge < -0.3 is 20.9 Å². The molecule has 1 heterocycles. The Morgan fingerprint density at radius 1 is 1.05 bits per heavy atom. The van der Waals surface area contributed by atoms with E-state index in [0.29, 0.717) is 37.6 Å². The minimum atomic E-state index is -0.145. The van der Waals surface area contributed by atoms with E-state index in [2.05, 4.69) is 5.32 Å². The van der Waals surface area contributed by atoms with Crippen molar-refractivity contribution in [2.24, 2.45) is 0 Å². The molecule has 1 aromatic carbocycles. The first kappa shape index (κ1) is 13.2. The summed E-state index contributed by atoms with van der Waals surface area (Å²) in [6, 6.07) is 6.86. The number of anilines is 2. The molecule has 1 fully saturated rings. The van der Waals surface area contributed by atoms with Crippen LogP contribution in [-0.4, -0.2) is 47.9 Å². The summed E-state index contributed by atoms with van der Waals surface area (Å²) in [6.07, 6.45) is 0. The van der Waals surface area contributed by atoms with Gasteiger partial charge in [0.1, 0.15) is 0 Å². The highest BCUT2D eigenvalue weighted by Crippen LogP contribution is 2.12. The van der Waals surface area contributed by atoms with Gasteiger partial charge in [-0.05, 0) is 24.3 Å². The SMILES string of the molecule is CC(=O)N1CCN(C(=O)Nc2ccc(N)cc2)CC1. The zero-order valence-corrected chi connectivity index (χ0v) is 10.9. The summed E-state index contributed by atoms with van der Waals surface area (Å²) in [5.41, 5.74) is 6.96. The number of urea groups is 1. The fraction of sp³-hybridized carbons (Fsp3) is 0.385. The van der Waals surface area contributed by atoms with Gasteiger partial charge in [0.2, 0.25) is 5.91 Å². The van der Waals surface area contributed by atoms with Gasteiger partial charge in [0.25, 0.3) is 0 Å². The van der Waals surface area contributed by atoms with Crippen molar-refractivity contribution in [1.82, 2.24) is 9.80 Å². The summed E-state index contributed by atoms with van der Waals surface area (Å²) in [6.45, 7) is 3.83. The van der Waals surface area contributed by atoms with Crippen LogP contribution in [0.1, 0.15) is 6.92 Å². The quantitative estimate of drug-likeness (QED) is 0.740. The van der Waals surface area contributed by atoms with Crippen molar-refractivity contribution in [2.75, 3.05) is 37.2 Å². The molecule has 0 aliphatic carbocycles. The molecule has 3 N–H and O–H groups in total. The highest BCUT2D eigenvalue weighted by atomic mass is 16.2. The smallest absolute Gasteiger partial charge is 0.321 e. The predicted octanol–water partition coefficient (Wildman–Crippen LogP) is 0.965. The second-order valence-corrected chi connectivity index (χ2v) is 4.55. The zero-order valence-electron chi connectivity index (χ0n) is 10.9. The molecular formula is C13H18N4O2.